The monoisotopic (exact) mass is 326 g/mol. The molecule has 1 N–H and O–H groups in total. The highest BCUT2D eigenvalue weighted by Gasteiger charge is 2.17. The fourth-order valence-corrected chi connectivity index (χ4v) is 2.25. The predicted octanol–water partition coefficient (Wildman–Crippen LogP) is 3.81. The van der Waals surface area contributed by atoms with Gasteiger partial charge in [-0.15, -0.1) is 0 Å². The summed E-state index contributed by atoms with van der Waals surface area (Å²) < 4.78 is 10.9. The van der Waals surface area contributed by atoms with Gasteiger partial charge in [0.1, 0.15) is 12.4 Å². The number of ether oxygens (including phenoxy) is 2. The molecular formula is C20H22O4. The molecule has 126 valence electrons. The molecule has 0 aliphatic heterocycles. The second kappa shape index (κ2) is 9.53. The summed E-state index contributed by atoms with van der Waals surface area (Å²) in [5.74, 6) is -0.192. The van der Waals surface area contributed by atoms with Crippen molar-refractivity contribution in [3.63, 3.8) is 0 Å². The summed E-state index contributed by atoms with van der Waals surface area (Å²) >= 11 is 0. The van der Waals surface area contributed by atoms with Gasteiger partial charge in [-0.05, 0) is 36.3 Å². The van der Waals surface area contributed by atoms with E-state index in [1.54, 1.807) is 6.92 Å². The van der Waals surface area contributed by atoms with Gasteiger partial charge in [0.25, 0.3) is 0 Å². The van der Waals surface area contributed by atoms with Gasteiger partial charge in [0.15, 0.2) is 6.10 Å². The van der Waals surface area contributed by atoms with Crippen molar-refractivity contribution in [1.82, 2.24) is 0 Å². The second-order valence-electron chi connectivity index (χ2n) is 5.25. The van der Waals surface area contributed by atoms with Crippen molar-refractivity contribution in [2.24, 2.45) is 0 Å². The fraction of sp³-hybridized carbons (Fsp3) is 0.250. The van der Waals surface area contributed by atoms with Crippen molar-refractivity contribution in [2.75, 3.05) is 13.2 Å². The molecule has 0 amide bonds. The van der Waals surface area contributed by atoms with Gasteiger partial charge in [-0.25, -0.2) is 4.79 Å². The smallest absolute Gasteiger partial charge is 0.333 e. The van der Waals surface area contributed by atoms with Gasteiger partial charge >= 0.3 is 5.97 Å². The zero-order valence-corrected chi connectivity index (χ0v) is 13.7. The Hall–Kier alpha value is -2.59. The van der Waals surface area contributed by atoms with Crippen LogP contribution in [0.25, 0.3) is 6.08 Å². The number of benzene rings is 2. The summed E-state index contributed by atoms with van der Waals surface area (Å²) in [5, 5.41) is 9.10. The molecule has 2 aromatic rings. The minimum Gasteiger partial charge on any atom is -0.490 e. The highest BCUT2D eigenvalue weighted by atomic mass is 16.5. The molecule has 24 heavy (non-hydrogen) atoms. The van der Waals surface area contributed by atoms with Crippen LogP contribution in [0.3, 0.4) is 0 Å². The summed E-state index contributed by atoms with van der Waals surface area (Å²) in [6.07, 6.45) is 3.50. The summed E-state index contributed by atoms with van der Waals surface area (Å²) in [7, 11) is 0. The van der Waals surface area contributed by atoms with Crippen LogP contribution < -0.4 is 4.74 Å². The largest absolute Gasteiger partial charge is 0.490 e. The van der Waals surface area contributed by atoms with Gasteiger partial charge < -0.3 is 14.6 Å². The van der Waals surface area contributed by atoms with Crippen LogP contribution in [0, 0.1) is 0 Å². The molecule has 2 aromatic carbocycles. The topological polar surface area (TPSA) is 55.8 Å². The van der Waals surface area contributed by atoms with E-state index in [9.17, 15) is 4.79 Å². The first kappa shape index (κ1) is 17.8. The van der Waals surface area contributed by atoms with E-state index >= 15 is 0 Å². The molecule has 0 saturated heterocycles. The molecule has 1 atom stereocenters. The molecule has 2 rings (SSSR count). The number of hydrogen-bond acceptors (Lipinski definition) is 3. The summed E-state index contributed by atoms with van der Waals surface area (Å²) in [5.41, 5.74) is 2.04. The molecule has 0 bridgehead atoms. The average molecular weight is 326 g/mol. The van der Waals surface area contributed by atoms with Crippen molar-refractivity contribution in [3.05, 3.63) is 71.8 Å². The van der Waals surface area contributed by atoms with Gasteiger partial charge in [-0.2, -0.15) is 0 Å². The van der Waals surface area contributed by atoms with Gasteiger partial charge in [-0.1, -0.05) is 48.5 Å². The lowest BCUT2D eigenvalue weighted by molar-refractivity contribution is -0.149. The lowest BCUT2D eigenvalue weighted by Crippen LogP contribution is -2.26. The Morgan fingerprint density at radius 3 is 2.46 bits per heavy atom. The molecule has 4 nitrogen and oxygen atoms in total. The first-order chi connectivity index (χ1) is 11.7. The molecule has 0 aliphatic carbocycles. The van der Waals surface area contributed by atoms with E-state index in [4.69, 9.17) is 14.6 Å². The third-order valence-electron chi connectivity index (χ3n) is 3.44. The van der Waals surface area contributed by atoms with Crippen LogP contribution in [0.4, 0.5) is 0 Å². The average Bonchev–Trinajstić information content (AvgIpc) is 2.60. The molecular weight excluding hydrogens is 304 g/mol. The van der Waals surface area contributed by atoms with Crippen LogP contribution in [0.1, 0.15) is 18.1 Å². The van der Waals surface area contributed by atoms with E-state index < -0.39 is 12.1 Å². The molecule has 0 heterocycles. The number of hydrogen-bond donors (Lipinski definition) is 1. The molecule has 0 fully saturated rings. The van der Waals surface area contributed by atoms with E-state index in [1.165, 1.54) is 0 Å². The molecule has 0 aromatic heterocycles. The quantitative estimate of drug-likeness (QED) is 0.761. The van der Waals surface area contributed by atoms with Crippen LogP contribution >= 0.6 is 0 Å². The van der Waals surface area contributed by atoms with Crippen LogP contribution in [-0.2, 0) is 16.0 Å². The highest BCUT2D eigenvalue weighted by molar-refractivity contribution is 5.72. The van der Waals surface area contributed by atoms with Crippen LogP contribution in [-0.4, -0.2) is 30.4 Å². The first-order valence-corrected chi connectivity index (χ1v) is 7.96. The van der Waals surface area contributed by atoms with E-state index in [0.29, 0.717) is 19.6 Å². The minimum atomic E-state index is -0.941. The SMILES string of the molecule is CCOC(Cc1ccc(OC/C=C/c2ccccc2)cc1)C(=O)O. The number of aliphatic carboxylic acids is 1. The van der Waals surface area contributed by atoms with E-state index in [-0.39, 0.29) is 0 Å². The van der Waals surface area contributed by atoms with Crippen molar-refractivity contribution >= 4 is 12.0 Å². The van der Waals surface area contributed by atoms with Crippen LogP contribution in [0.5, 0.6) is 5.75 Å². The lowest BCUT2D eigenvalue weighted by Gasteiger charge is -2.12. The lowest BCUT2D eigenvalue weighted by atomic mass is 10.1. The molecule has 0 saturated carbocycles. The second-order valence-corrected chi connectivity index (χ2v) is 5.25. The zero-order chi connectivity index (χ0) is 17.2. The van der Waals surface area contributed by atoms with Crippen molar-refractivity contribution in [3.8, 4) is 5.75 Å². The first-order valence-electron chi connectivity index (χ1n) is 7.96. The van der Waals surface area contributed by atoms with E-state index in [2.05, 4.69) is 0 Å². The Labute approximate surface area is 142 Å². The Kier molecular flexibility index (Phi) is 7.05. The zero-order valence-electron chi connectivity index (χ0n) is 13.7. The van der Waals surface area contributed by atoms with Crippen LogP contribution in [0.2, 0.25) is 0 Å². The standard InChI is InChI=1S/C20H22O4/c1-2-23-19(20(21)22)15-17-10-12-18(13-11-17)24-14-6-9-16-7-4-3-5-8-16/h3-13,19H,2,14-15H2,1H3,(H,21,22)/b9-6+. The summed E-state index contributed by atoms with van der Waals surface area (Å²) in [4.78, 5) is 11.1. The Morgan fingerprint density at radius 2 is 1.83 bits per heavy atom. The number of carbonyl (C=O) groups is 1. The van der Waals surface area contributed by atoms with Gasteiger partial charge in [0, 0.05) is 13.0 Å². The molecule has 0 spiro atoms. The van der Waals surface area contributed by atoms with Crippen molar-refractivity contribution < 1.29 is 19.4 Å². The Morgan fingerprint density at radius 1 is 1.12 bits per heavy atom. The van der Waals surface area contributed by atoms with E-state index in [1.807, 2.05) is 66.7 Å². The molecule has 4 heteroatoms. The molecule has 0 radical (unpaired) electrons. The predicted molar refractivity (Wildman–Crippen MR) is 94.2 cm³/mol. The normalized spacial score (nSPS) is 12.2. The van der Waals surface area contributed by atoms with Crippen molar-refractivity contribution in [2.45, 2.75) is 19.4 Å². The molecule has 1 unspecified atom stereocenters. The fourth-order valence-electron chi connectivity index (χ4n) is 2.25. The number of carboxylic acids is 1. The summed E-state index contributed by atoms with van der Waals surface area (Å²) in [6, 6.07) is 17.4. The third-order valence-corrected chi connectivity index (χ3v) is 3.44. The Balaban J connectivity index is 1.83. The van der Waals surface area contributed by atoms with Gasteiger partial charge in [-0.3, -0.25) is 0 Å². The minimum absolute atomic E-state index is 0.345. The highest BCUT2D eigenvalue weighted by Crippen LogP contribution is 2.15. The Bertz CT molecular complexity index is 647. The van der Waals surface area contributed by atoms with E-state index in [0.717, 1.165) is 16.9 Å². The third kappa shape index (κ3) is 5.89. The maximum Gasteiger partial charge on any atom is 0.333 e. The van der Waals surface area contributed by atoms with Gasteiger partial charge in [0.05, 0.1) is 0 Å². The maximum absolute atomic E-state index is 11.1. The van der Waals surface area contributed by atoms with Crippen molar-refractivity contribution in [1.29, 1.82) is 0 Å². The summed E-state index contributed by atoms with van der Waals surface area (Å²) in [6.45, 7) is 2.65. The molecule has 0 aliphatic rings. The van der Waals surface area contributed by atoms with Gasteiger partial charge in [0.2, 0.25) is 0 Å². The maximum atomic E-state index is 11.1. The van der Waals surface area contributed by atoms with Crippen LogP contribution in [0.15, 0.2) is 60.7 Å². The number of rotatable bonds is 9. The number of carboxylic acid groups (broad SMARTS) is 1.